The summed E-state index contributed by atoms with van der Waals surface area (Å²) in [6.45, 7) is 2.56. The van der Waals surface area contributed by atoms with E-state index in [0.717, 1.165) is 22.9 Å². The number of nitrogens with zero attached hydrogens (tertiary/aromatic N) is 1. The number of halogens is 4. The van der Waals surface area contributed by atoms with Crippen LogP contribution < -0.4 is 4.74 Å². The number of aromatic nitrogens is 1. The van der Waals surface area contributed by atoms with E-state index in [2.05, 4.69) is 15.9 Å². The fourth-order valence-electron chi connectivity index (χ4n) is 3.46. The van der Waals surface area contributed by atoms with E-state index in [9.17, 15) is 18.0 Å². The van der Waals surface area contributed by atoms with Crippen molar-refractivity contribution in [2.75, 3.05) is 7.11 Å². The van der Waals surface area contributed by atoms with E-state index in [-0.39, 0.29) is 17.4 Å². The van der Waals surface area contributed by atoms with Crippen LogP contribution in [0, 0.1) is 0 Å². The Morgan fingerprint density at radius 3 is 2.41 bits per heavy atom. The molecule has 3 aromatic rings. The van der Waals surface area contributed by atoms with E-state index in [0.29, 0.717) is 23.5 Å². The SMILES string of the molecule is CCCCn1c(Cc2ccc(Br)cc2)c(C(=O)C(F)(F)F)c2cc(OC)ccc21. The molecule has 0 aliphatic heterocycles. The van der Waals surface area contributed by atoms with Crippen molar-refractivity contribution in [3.05, 3.63) is 63.8 Å². The average molecular weight is 468 g/mol. The number of aryl methyl sites for hydroxylation is 1. The minimum Gasteiger partial charge on any atom is -0.497 e. The molecule has 0 aliphatic rings. The number of carbonyl (C=O) groups is 1. The molecule has 3 rings (SSSR count). The van der Waals surface area contributed by atoms with Crippen LogP contribution in [0.2, 0.25) is 0 Å². The van der Waals surface area contributed by atoms with Crippen LogP contribution in [0.5, 0.6) is 5.75 Å². The summed E-state index contributed by atoms with van der Waals surface area (Å²) in [6, 6.07) is 12.3. The van der Waals surface area contributed by atoms with E-state index < -0.39 is 12.0 Å². The standard InChI is InChI=1S/C22H21BrF3NO2/c1-3-4-11-27-18-10-9-16(29-2)13-17(18)20(21(28)22(24,25)26)19(27)12-14-5-7-15(23)8-6-14/h5-10,13H,3-4,11-12H2,1-2H3. The number of rotatable bonds is 7. The lowest BCUT2D eigenvalue weighted by Crippen LogP contribution is -2.24. The molecule has 0 amide bonds. The summed E-state index contributed by atoms with van der Waals surface area (Å²) in [7, 11) is 1.45. The Labute approximate surface area is 175 Å². The first-order valence-corrected chi connectivity index (χ1v) is 10.1. The summed E-state index contributed by atoms with van der Waals surface area (Å²) in [5.74, 6) is -1.41. The van der Waals surface area contributed by atoms with Crippen molar-refractivity contribution < 1.29 is 22.7 Å². The molecule has 7 heteroatoms. The number of unbranched alkanes of at least 4 members (excludes halogenated alkanes) is 1. The third kappa shape index (κ3) is 4.50. The second kappa shape index (κ2) is 8.61. The molecule has 1 aromatic heterocycles. The Kier molecular flexibility index (Phi) is 6.36. The predicted molar refractivity (Wildman–Crippen MR) is 111 cm³/mol. The molecule has 0 spiro atoms. The summed E-state index contributed by atoms with van der Waals surface area (Å²) in [6.07, 6.45) is -3.05. The molecule has 2 aromatic carbocycles. The molecule has 29 heavy (non-hydrogen) atoms. The number of fused-ring (bicyclic) bond motifs is 1. The highest BCUT2D eigenvalue weighted by Gasteiger charge is 2.42. The maximum atomic E-state index is 13.5. The highest BCUT2D eigenvalue weighted by molar-refractivity contribution is 9.10. The van der Waals surface area contributed by atoms with Crippen LogP contribution in [0.4, 0.5) is 13.2 Å². The number of methoxy groups -OCH3 is 1. The maximum absolute atomic E-state index is 13.5. The molecule has 0 aliphatic carbocycles. The zero-order valence-electron chi connectivity index (χ0n) is 16.1. The van der Waals surface area contributed by atoms with E-state index in [1.165, 1.54) is 13.2 Å². The summed E-state index contributed by atoms with van der Waals surface area (Å²) in [4.78, 5) is 12.4. The zero-order chi connectivity index (χ0) is 21.2. The highest BCUT2D eigenvalue weighted by atomic mass is 79.9. The van der Waals surface area contributed by atoms with Gasteiger partial charge in [0.15, 0.2) is 0 Å². The summed E-state index contributed by atoms with van der Waals surface area (Å²) in [5, 5.41) is 0.273. The third-order valence-corrected chi connectivity index (χ3v) is 5.41. The number of ketones is 1. The number of ether oxygens (including phenoxy) is 1. The van der Waals surface area contributed by atoms with Crippen LogP contribution in [0.3, 0.4) is 0 Å². The molecule has 0 atom stereocenters. The molecule has 0 saturated carbocycles. The Morgan fingerprint density at radius 1 is 1.14 bits per heavy atom. The van der Waals surface area contributed by atoms with Crippen molar-refractivity contribution in [3.63, 3.8) is 0 Å². The first-order chi connectivity index (χ1) is 13.8. The van der Waals surface area contributed by atoms with Gasteiger partial charge < -0.3 is 9.30 Å². The first kappa shape index (κ1) is 21.4. The second-order valence-corrected chi connectivity index (χ2v) is 7.76. The third-order valence-electron chi connectivity index (χ3n) is 4.88. The van der Waals surface area contributed by atoms with Gasteiger partial charge in [-0.3, -0.25) is 4.79 Å². The molecule has 0 fully saturated rings. The zero-order valence-corrected chi connectivity index (χ0v) is 17.7. The van der Waals surface area contributed by atoms with Gasteiger partial charge in [0.05, 0.1) is 12.7 Å². The maximum Gasteiger partial charge on any atom is 0.454 e. The van der Waals surface area contributed by atoms with E-state index in [1.807, 2.05) is 35.8 Å². The molecular formula is C22H21BrF3NO2. The largest absolute Gasteiger partial charge is 0.497 e. The van der Waals surface area contributed by atoms with Crippen molar-refractivity contribution in [1.29, 1.82) is 0 Å². The second-order valence-electron chi connectivity index (χ2n) is 6.84. The smallest absolute Gasteiger partial charge is 0.454 e. The highest BCUT2D eigenvalue weighted by Crippen LogP contribution is 2.35. The van der Waals surface area contributed by atoms with Crippen LogP contribution in [0.25, 0.3) is 10.9 Å². The van der Waals surface area contributed by atoms with Gasteiger partial charge in [-0.05, 0) is 42.3 Å². The fraction of sp³-hybridized carbons (Fsp3) is 0.318. The van der Waals surface area contributed by atoms with Gasteiger partial charge in [-0.2, -0.15) is 13.2 Å². The minimum absolute atomic E-state index is 0.227. The molecule has 0 N–H and O–H groups in total. The molecule has 3 nitrogen and oxygen atoms in total. The quantitative estimate of drug-likeness (QED) is 0.369. The fourth-order valence-corrected chi connectivity index (χ4v) is 3.72. The van der Waals surface area contributed by atoms with Crippen LogP contribution in [-0.4, -0.2) is 23.6 Å². The van der Waals surface area contributed by atoms with Gasteiger partial charge >= 0.3 is 6.18 Å². The van der Waals surface area contributed by atoms with Gasteiger partial charge in [0.1, 0.15) is 5.75 Å². The normalized spacial score (nSPS) is 11.8. The number of hydrogen-bond acceptors (Lipinski definition) is 2. The number of Topliss-reactive ketones (excluding diaryl/α,β-unsaturated/α-hetero) is 1. The molecule has 0 saturated heterocycles. The Hall–Kier alpha value is -2.28. The van der Waals surface area contributed by atoms with Crippen molar-refractivity contribution in [3.8, 4) is 5.75 Å². The molecule has 0 unspecified atom stereocenters. The van der Waals surface area contributed by atoms with Gasteiger partial charge in [-0.15, -0.1) is 0 Å². The van der Waals surface area contributed by atoms with Gasteiger partial charge in [0.25, 0.3) is 5.78 Å². The molecular weight excluding hydrogens is 447 g/mol. The lowest BCUT2D eigenvalue weighted by Gasteiger charge is -2.13. The predicted octanol–water partition coefficient (Wildman–Crippen LogP) is 6.55. The summed E-state index contributed by atoms with van der Waals surface area (Å²) >= 11 is 3.37. The Bertz CT molecular complexity index is 1020. The summed E-state index contributed by atoms with van der Waals surface area (Å²) < 4.78 is 48.4. The topological polar surface area (TPSA) is 31.2 Å². The Morgan fingerprint density at radius 2 is 1.83 bits per heavy atom. The lowest BCUT2D eigenvalue weighted by molar-refractivity contribution is -0.0884. The molecule has 0 radical (unpaired) electrons. The average Bonchev–Trinajstić information content (AvgIpc) is 2.98. The van der Waals surface area contributed by atoms with Gasteiger partial charge in [0, 0.05) is 34.0 Å². The van der Waals surface area contributed by atoms with Crippen LogP contribution in [0.1, 0.15) is 41.4 Å². The van der Waals surface area contributed by atoms with Gasteiger partial charge in [-0.1, -0.05) is 41.4 Å². The minimum atomic E-state index is -4.96. The molecule has 0 bridgehead atoms. The summed E-state index contributed by atoms with van der Waals surface area (Å²) in [5.41, 5.74) is 1.53. The van der Waals surface area contributed by atoms with Crippen molar-refractivity contribution >= 4 is 32.6 Å². The Balaban J connectivity index is 2.28. The van der Waals surface area contributed by atoms with Crippen molar-refractivity contribution in [2.24, 2.45) is 0 Å². The van der Waals surface area contributed by atoms with Crippen molar-refractivity contribution in [1.82, 2.24) is 4.57 Å². The molecule has 1 heterocycles. The number of hydrogen-bond donors (Lipinski definition) is 0. The van der Waals surface area contributed by atoms with E-state index in [1.54, 1.807) is 12.1 Å². The first-order valence-electron chi connectivity index (χ1n) is 9.31. The van der Waals surface area contributed by atoms with Crippen LogP contribution in [-0.2, 0) is 13.0 Å². The lowest BCUT2D eigenvalue weighted by atomic mass is 10.0. The van der Waals surface area contributed by atoms with Gasteiger partial charge in [-0.25, -0.2) is 0 Å². The number of benzene rings is 2. The number of alkyl halides is 3. The monoisotopic (exact) mass is 467 g/mol. The number of carbonyl (C=O) groups excluding carboxylic acids is 1. The van der Waals surface area contributed by atoms with E-state index >= 15 is 0 Å². The van der Waals surface area contributed by atoms with Crippen LogP contribution >= 0.6 is 15.9 Å². The van der Waals surface area contributed by atoms with Crippen LogP contribution in [0.15, 0.2) is 46.9 Å². The van der Waals surface area contributed by atoms with Gasteiger partial charge in [0.2, 0.25) is 0 Å². The van der Waals surface area contributed by atoms with E-state index in [4.69, 9.17) is 4.74 Å². The van der Waals surface area contributed by atoms with Crippen molar-refractivity contribution in [2.45, 2.75) is 38.9 Å². The molecule has 154 valence electrons.